The van der Waals surface area contributed by atoms with Crippen molar-refractivity contribution >= 4 is 5.78 Å². The molecular weight excluding hydrogens is 224 g/mol. The average molecular weight is 244 g/mol. The first-order valence-corrected chi connectivity index (χ1v) is 6.76. The summed E-state index contributed by atoms with van der Waals surface area (Å²) in [5, 5.41) is 0. The number of benzene rings is 1. The Labute approximate surface area is 108 Å². The van der Waals surface area contributed by atoms with Gasteiger partial charge in [0, 0.05) is 38.1 Å². The summed E-state index contributed by atoms with van der Waals surface area (Å²) in [6, 6.07) is 11.5. The Morgan fingerprint density at radius 2 is 2.00 bits per heavy atom. The maximum absolute atomic E-state index is 11.6. The lowest BCUT2D eigenvalue weighted by Gasteiger charge is -2.41. The summed E-state index contributed by atoms with van der Waals surface area (Å²) >= 11 is 0. The molecule has 0 saturated carbocycles. The Hall–Kier alpha value is -1.19. The second-order valence-electron chi connectivity index (χ2n) is 5.60. The van der Waals surface area contributed by atoms with E-state index >= 15 is 0 Å². The van der Waals surface area contributed by atoms with Crippen LogP contribution in [0.1, 0.15) is 18.9 Å². The summed E-state index contributed by atoms with van der Waals surface area (Å²) in [5.41, 5.74) is 1.36. The van der Waals surface area contributed by atoms with Crippen LogP contribution in [-0.2, 0) is 11.3 Å². The average Bonchev–Trinajstić information content (AvgIpc) is 2.72. The third-order valence-corrected chi connectivity index (χ3v) is 4.10. The quantitative estimate of drug-likeness (QED) is 0.788. The molecule has 3 nitrogen and oxygen atoms in total. The Morgan fingerprint density at radius 3 is 2.78 bits per heavy atom. The number of nitrogens with zero attached hydrogens (tertiary/aromatic N) is 2. The monoisotopic (exact) mass is 244 g/mol. The van der Waals surface area contributed by atoms with Gasteiger partial charge < -0.3 is 0 Å². The lowest BCUT2D eigenvalue weighted by molar-refractivity contribution is -0.117. The Bertz CT molecular complexity index is 431. The van der Waals surface area contributed by atoms with Gasteiger partial charge in [0.05, 0.1) is 6.54 Å². The minimum Gasteiger partial charge on any atom is -0.298 e. The zero-order chi connectivity index (χ0) is 12.5. The first kappa shape index (κ1) is 11.9. The highest BCUT2D eigenvalue weighted by Gasteiger charge is 2.38. The normalized spacial score (nSPS) is 29.5. The number of hydrogen-bond acceptors (Lipinski definition) is 3. The second-order valence-corrected chi connectivity index (χ2v) is 5.60. The van der Waals surface area contributed by atoms with Gasteiger partial charge in [0.1, 0.15) is 5.78 Å². The molecule has 2 atom stereocenters. The van der Waals surface area contributed by atoms with E-state index in [0.29, 0.717) is 24.4 Å². The van der Waals surface area contributed by atoms with E-state index in [1.54, 1.807) is 0 Å². The summed E-state index contributed by atoms with van der Waals surface area (Å²) in [4.78, 5) is 16.4. The third-order valence-electron chi connectivity index (χ3n) is 4.10. The van der Waals surface area contributed by atoms with Crippen molar-refractivity contribution in [2.24, 2.45) is 0 Å². The molecule has 0 aliphatic carbocycles. The van der Waals surface area contributed by atoms with E-state index in [2.05, 4.69) is 47.1 Å². The van der Waals surface area contributed by atoms with Crippen LogP contribution >= 0.6 is 0 Å². The van der Waals surface area contributed by atoms with Crippen molar-refractivity contribution in [2.45, 2.75) is 32.0 Å². The van der Waals surface area contributed by atoms with E-state index in [-0.39, 0.29) is 0 Å². The molecule has 96 valence electrons. The number of carbonyl (C=O) groups is 1. The predicted molar refractivity (Wildman–Crippen MR) is 71.3 cm³/mol. The van der Waals surface area contributed by atoms with Crippen LogP contribution in [0.5, 0.6) is 0 Å². The summed E-state index contributed by atoms with van der Waals surface area (Å²) in [6.07, 6.45) is 0.746. The highest BCUT2D eigenvalue weighted by Crippen LogP contribution is 2.24. The van der Waals surface area contributed by atoms with Crippen LogP contribution in [0, 0.1) is 0 Å². The van der Waals surface area contributed by atoms with Crippen LogP contribution in [0.15, 0.2) is 30.3 Å². The smallest absolute Gasteiger partial charge is 0.148 e. The van der Waals surface area contributed by atoms with Crippen LogP contribution in [-0.4, -0.2) is 47.3 Å². The van der Waals surface area contributed by atoms with Gasteiger partial charge in [-0.2, -0.15) is 0 Å². The summed E-state index contributed by atoms with van der Waals surface area (Å²) in [7, 11) is 0. The Balaban J connectivity index is 1.67. The molecule has 0 spiro atoms. The minimum absolute atomic E-state index is 0.411. The van der Waals surface area contributed by atoms with Gasteiger partial charge in [0.25, 0.3) is 0 Å². The van der Waals surface area contributed by atoms with Crippen molar-refractivity contribution in [3.05, 3.63) is 35.9 Å². The fourth-order valence-corrected chi connectivity index (χ4v) is 3.28. The lowest BCUT2D eigenvalue weighted by Crippen LogP contribution is -2.54. The van der Waals surface area contributed by atoms with Gasteiger partial charge in [-0.3, -0.25) is 14.6 Å². The molecule has 0 aromatic heterocycles. The number of Topliss-reactive ketones (excluding diaryl/α,β-unsaturated/α-hetero) is 1. The molecule has 0 radical (unpaired) electrons. The van der Waals surface area contributed by atoms with Gasteiger partial charge >= 0.3 is 0 Å². The van der Waals surface area contributed by atoms with E-state index < -0.39 is 0 Å². The summed E-state index contributed by atoms with van der Waals surface area (Å²) < 4.78 is 0. The molecule has 0 amide bonds. The van der Waals surface area contributed by atoms with Crippen molar-refractivity contribution in [3.8, 4) is 0 Å². The van der Waals surface area contributed by atoms with Crippen molar-refractivity contribution in [3.63, 3.8) is 0 Å². The first-order valence-electron chi connectivity index (χ1n) is 6.76. The van der Waals surface area contributed by atoms with E-state index in [1.165, 1.54) is 5.56 Å². The SMILES string of the molecule is C[C@@H]1CN(Cc2ccccc2)C[C@H]2CC(=O)CN21. The lowest BCUT2D eigenvalue weighted by atomic mass is 10.1. The molecule has 0 unspecified atom stereocenters. The molecule has 0 bridgehead atoms. The molecule has 1 aromatic carbocycles. The highest BCUT2D eigenvalue weighted by atomic mass is 16.1. The molecule has 2 aliphatic heterocycles. The fourth-order valence-electron chi connectivity index (χ4n) is 3.28. The molecular formula is C15H20N2O. The zero-order valence-corrected chi connectivity index (χ0v) is 10.9. The highest BCUT2D eigenvalue weighted by molar-refractivity contribution is 5.83. The number of carbonyl (C=O) groups excluding carboxylic acids is 1. The number of piperazine rings is 1. The third kappa shape index (κ3) is 2.33. The topological polar surface area (TPSA) is 23.6 Å². The van der Waals surface area contributed by atoms with Crippen molar-refractivity contribution in [1.29, 1.82) is 0 Å². The Kier molecular flexibility index (Phi) is 3.18. The molecule has 0 N–H and O–H groups in total. The van der Waals surface area contributed by atoms with Crippen molar-refractivity contribution in [1.82, 2.24) is 9.80 Å². The van der Waals surface area contributed by atoms with Crippen LogP contribution in [0.4, 0.5) is 0 Å². The van der Waals surface area contributed by atoms with Gasteiger partial charge in [-0.05, 0) is 12.5 Å². The molecule has 3 heteroatoms. The molecule has 2 saturated heterocycles. The Morgan fingerprint density at radius 1 is 1.22 bits per heavy atom. The first-order chi connectivity index (χ1) is 8.72. The van der Waals surface area contributed by atoms with Crippen LogP contribution in [0.3, 0.4) is 0 Å². The standard InChI is InChI=1S/C15H20N2O/c1-12-8-16(9-13-5-3-2-4-6-13)10-14-7-15(18)11-17(12)14/h2-6,12,14H,7-11H2,1H3/t12-,14-/m1/s1. The number of rotatable bonds is 2. The number of hydrogen-bond donors (Lipinski definition) is 0. The maximum Gasteiger partial charge on any atom is 0.148 e. The van der Waals surface area contributed by atoms with E-state index in [9.17, 15) is 4.79 Å². The van der Waals surface area contributed by atoms with Crippen LogP contribution in [0.25, 0.3) is 0 Å². The summed E-state index contributed by atoms with van der Waals surface area (Å²) in [6.45, 7) is 6.02. The predicted octanol–water partition coefficient (Wildman–Crippen LogP) is 1.53. The van der Waals surface area contributed by atoms with Crippen LogP contribution < -0.4 is 0 Å². The molecule has 18 heavy (non-hydrogen) atoms. The minimum atomic E-state index is 0.411. The van der Waals surface area contributed by atoms with Crippen LogP contribution in [0.2, 0.25) is 0 Å². The van der Waals surface area contributed by atoms with E-state index in [0.717, 1.165) is 26.1 Å². The molecule has 2 aliphatic rings. The van der Waals surface area contributed by atoms with E-state index in [4.69, 9.17) is 0 Å². The summed E-state index contributed by atoms with van der Waals surface area (Å²) in [5.74, 6) is 0.411. The maximum atomic E-state index is 11.6. The molecule has 1 aromatic rings. The number of ketones is 1. The van der Waals surface area contributed by atoms with E-state index in [1.807, 2.05) is 0 Å². The van der Waals surface area contributed by atoms with Gasteiger partial charge in [0.15, 0.2) is 0 Å². The van der Waals surface area contributed by atoms with Gasteiger partial charge in [-0.15, -0.1) is 0 Å². The fraction of sp³-hybridized carbons (Fsp3) is 0.533. The van der Waals surface area contributed by atoms with Gasteiger partial charge in [-0.1, -0.05) is 30.3 Å². The largest absolute Gasteiger partial charge is 0.298 e. The molecule has 2 heterocycles. The molecule has 2 fully saturated rings. The van der Waals surface area contributed by atoms with Gasteiger partial charge in [0.2, 0.25) is 0 Å². The van der Waals surface area contributed by atoms with Crippen molar-refractivity contribution < 1.29 is 4.79 Å². The number of fused-ring (bicyclic) bond motifs is 1. The van der Waals surface area contributed by atoms with Crippen molar-refractivity contribution in [2.75, 3.05) is 19.6 Å². The zero-order valence-electron chi connectivity index (χ0n) is 10.9. The molecule has 3 rings (SSSR count). The van der Waals surface area contributed by atoms with Gasteiger partial charge in [-0.25, -0.2) is 0 Å². The second kappa shape index (κ2) is 4.82.